The molecule has 0 saturated heterocycles. The third kappa shape index (κ3) is 3.01. The van der Waals surface area contributed by atoms with Crippen molar-refractivity contribution in [2.24, 2.45) is 0 Å². The largest absolute Gasteiger partial charge is 0.478 e. The summed E-state index contributed by atoms with van der Waals surface area (Å²) in [6, 6.07) is 5.91. The first-order chi connectivity index (χ1) is 8.66. The summed E-state index contributed by atoms with van der Waals surface area (Å²) < 4.78 is 18.5. The number of nitrogens with one attached hydrogen (secondary N) is 1. The molecule has 0 bridgehead atoms. The topological polar surface area (TPSA) is 64.1 Å². The predicted molar refractivity (Wildman–Crippen MR) is 65.0 cm³/mol. The molecule has 1 aromatic carbocycles. The lowest BCUT2D eigenvalue weighted by atomic mass is 10.3. The molecule has 2 rings (SSSR count). The number of ether oxygens (including phenoxy) is 1. The highest BCUT2D eigenvalue weighted by Gasteiger charge is 2.17. The Morgan fingerprint density at radius 2 is 2.28 bits per heavy atom. The molecule has 94 valence electrons. The van der Waals surface area contributed by atoms with Gasteiger partial charge in [0.1, 0.15) is 5.51 Å². The smallest absolute Gasteiger partial charge is 0.266 e. The van der Waals surface area contributed by atoms with Crippen molar-refractivity contribution in [2.45, 2.75) is 13.0 Å². The highest BCUT2D eigenvalue weighted by molar-refractivity contribution is 7.13. The van der Waals surface area contributed by atoms with E-state index in [1.165, 1.54) is 35.9 Å². The Bertz CT molecular complexity index is 533. The quantitative estimate of drug-likeness (QED) is 0.921. The van der Waals surface area contributed by atoms with Crippen molar-refractivity contribution in [2.75, 3.05) is 5.32 Å². The van der Waals surface area contributed by atoms with E-state index < -0.39 is 17.8 Å². The molecule has 0 spiro atoms. The Kier molecular flexibility index (Phi) is 3.83. The van der Waals surface area contributed by atoms with Crippen molar-refractivity contribution < 1.29 is 13.9 Å². The Morgan fingerprint density at radius 3 is 2.94 bits per heavy atom. The van der Waals surface area contributed by atoms with E-state index in [4.69, 9.17) is 4.74 Å². The number of hydrogen-bond donors (Lipinski definition) is 1. The van der Waals surface area contributed by atoms with Crippen LogP contribution in [0.5, 0.6) is 5.75 Å². The summed E-state index contributed by atoms with van der Waals surface area (Å²) in [6.07, 6.45) is -0.828. The van der Waals surface area contributed by atoms with E-state index in [1.807, 2.05) is 0 Å². The van der Waals surface area contributed by atoms with Crippen molar-refractivity contribution in [3.8, 4) is 5.75 Å². The molecule has 1 aromatic heterocycles. The van der Waals surface area contributed by atoms with Gasteiger partial charge in [0, 0.05) is 0 Å². The first-order valence-electron chi connectivity index (χ1n) is 5.15. The molecular weight excluding hydrogens is 257 g/mol. The van der Waals surface area contributed by atoms with Gasteiger partial charge >= 0.3 is 0 Å². The summed E-state index contributed by atoms with van der Waals surface area (Å²) in [5.41, 5.74) is 1.50. The van der Waals surface area contributed by atoms with Crippen LogP contribution in [0.2, 0.25) is 0 Å². The van der Waals surface area contributed by atoms with Crippen molar-refractivity contribution in [1.82, 2.24) is 10.2 Å². The minimum Gasteiger partial charge on any atom is -0.478 e. The van der Waals surface area contributed by atoms with Crippen molar-refractivity contribution in [3.63, 3.8) is 0 Å². The minimum absolute atomic E-state index is 0.0393. The molecule has 1 unspecified atom stereocenters. The van der Waals surface area contributed by atoms with Crippen LogP contribution in [0.15, 0.2) is 29.8 Å². The number of aromatic nitrogens is 2. The van der Waals surface area contributed by atoms with E-state index in [2.05, 4.69) is 15.5 Å². The van der Waals surface area contributed by atoms with Crippen molar-refractivity contribution in [1.29, 1.82) is 0 Å². The Hall–Kier alpha value is -2.02. The van der Waals surface area contributed by atoms with Crippen LogP contribution in [0, 0.1) is 5.82 Å². The highest BCUT2D eigenvalue weighted by Crippen LogP contribution is 2.17. The van der Waals surface area contributed by atoms with E-state index in [1.54, 1.807) is 12.1 Å². The highest BCUT2D eigenvalue weighted by atomic mass is 32.1. The zero-order valence-electron chi connectivity index (χ0n) is 9.46. The average Bonchev–Trinajstić information content (AvgIpc) is 2.84. The molecule has 0 aliphatic rings. The molecule has 0 saturated carbocycles. The number of halogens is 1. The number of amides is 1. The monoisotopic (exact) mass is 267 g/mol. The molecule has 1 heterocycles. The van der Waals surface area contributed by atoms with Gasteiger partial charge in [-0.15, -0.1) is 10.2 Å². The summed E-state index contributed by atoms with van der Waals surface area (Å²) in [4.78, 5) is 11.7. The van der Waals surface area contributed by atoms with Crippen LogP contribution in [0.4, 0.5) is 9.52 Å². The minimum atomic E-state index is -0.828. The van der Waals surface area contributed by atoms with E-state index in [9.17, 15) is 9.18 Å². The first-order valence-corrected chi connectivity index (χ1v) is 6.03. The fourth-order valence-corrected chi connectivity index (χ4v) is 1.67. The van der Waals surface area contributed by atoms with E-state index in [0.717, 1.165) is 0 Å². The zero-order chi connectivity index (χ0) is 13.0. The molecule has 18 heavy (non-hydrogen) atoms. The van der Waals surface area contributed by atoms with Crippen LogP contribution in [0.1, 0.15) is 6.92 Å². The van der Waals surface area contributed by atoms with Gasteiger partial charge in [0.15, 0.2) is 17.7 Å². The number of carbonyl (C=O) groups excluding carboxylic acids is 1. The summed E-state index contributed by atoms with van der Waals surface area (Å²) in [5.74, 6) is -0.875. The number of carbonyl (C=O) groups is 1. The molecule has 5 nitrogen and oxygen atoms in total. The third-order valence-corrected chi connectivity index (χ3v) is 2.71. The van der Waals surface area contributed by atoms with Gasteiger partial charge < -0.3 is 4.74 Å². The lowest BCUT2D eigenvalue weighted by molar-refractivity contribution is -0.122. The molecule has 1 N–H and O–H groups in total. The third-order valence-electron chi connectivity index (χ3n) is 2.10. The average molecular weight is 267 g/mol. The van der Waals surface area contributed by atoms with Crippen LogP contribution >= 0.6 is 11.3 Å². The summed E-state index contributed by atoms with van der Waals surface area (Å²) in [7, 11) is 0. The lowest BCUT2D eigenvalue weighted by Crippen LogP contribution is -2.30. The summed E-state index contributed by atoms with van der Waals surface area (Å²) in [6.45, 7) is 1.53. The second-order valence-electron chi connectivity index (χ2n) is 3.42. The lowest BCUT2D eigenvalue weighted by Gasteiger charge is -2.13. The normalized spacial score (nSPS) is 11.9. The number of rotatable bonds is 4. The number of anilines is 1. The molecule has 0 aliphatic carbocycles. The molecule has 0 fully saturated rings. The Morgan fingerprint density at radius 1 is 1.50 bits per heavy atom. The maximum Gasteiger partial charge on any atom is 0.266 e. The maximum absolute atomic E-state index is 13.3. The van der Waals surface area contributed by atoms with Gasteiger partial charge in [-0.05, 0) is 19.1 Å². The van der Waals surface area contributed by atoms with Crippen LogP contribution in [-0.2, 0) is 4.79 Å². The van der Waals surface area contributed by atoms with Crippen LogP contribution < -0.4 is 10.1 Å². The summed E-state index contributed by atoms with van der Waals surface area (Å²) >= 11 is 1.19. The molecule has 0 aliphatic heterocycles. The number of para-hydroxylation sites is 1. The van der Waals surface area contributed by atoms with Gasteiger partial charge in [-0.3, -0.25) is 10.1 Å². The van der Waals surface area contributed by atoms with Crippen LogP contribution in [0.25, 0.3) is 0 Å². The van der Waals surface area contributed by atoms with Crippen LogP contribution in [0.3, 0.4) is 0 Å². The van der Waals surface area contributed by atoms with Gasteiger partial charge in [-0.2, -0.15) is 0 Å². The molecule has 2 aromatic rings. The van der Waals surface area contributed by atoms with Gasteiger partial charge in [0.25, 0.3) is 5.91 Å². The van der Waals surface area contributed by atoms with Crippen molar-refractivity contribution in [3.05, 3.63) is 35.6 Å². The second kappa shape index (κ2) is 5.54. The number of hydrogen-bond acceptors (Lipinski definition) is 5. The van der Waals surface area contributed by atoms with Gasteiger partial charge in [0.2, 0.25) is 5.13 Å². The van der Waals surface area contributed by atoms with Gasteiger partial charge in [0.05, 0.1) is 0 Å². The fourth-order valence-electron chi connectivity index (χ4n) is 1.22. The first kappa shape index (κ1) is 12.4. The fraction of sp³-hybridized carbons (Fsp3) is 0.182. The molecular formula is C11H10FN3O2S. The second-order valence-corrected chi connectivity index (χ2v) is 4.26. The standard InChI is InChI=1S/C11H10FN3O2S/c1-7(10(16)14-11-15-13-6-18-11)17-9-5-3-2-4-8(9)12/h2-7H,1H3,(H,14,15,16). The molecule has 1 amide bonds. The number of benzene rings is 1. The Balaban J connectivity index is 1.97. The van der Waals surface area contributed by atoms with Crippen LogP contribution in [-0.4, -0.2) is 22.2 Å². The SMILES string of the molecule is CC(Oc1ccccc1F)C(=O)Nc1nncs1. The van der Waals surface area contributed by atoms with E-state index in [-0.39, 0.29) is 5.75 Å². The zero-order valence-corrected chi connectivity index (χ0v) is 10.3. The summed E-state index contributed by atoms with van der Waals surface area (Å²) in [5, 5.41) is 10.2. The molecule has 0 radical (unpaired) electrons. The van der Waals surface area contributed by atoms with Gasteiger partial charge in [-0.25, -0.2) is 4.39 Å². The van der Waals surface area contributed by atoms with E-state index >= 15 is 0 Å². The van der Waals surface area contributed by atoms with Crippen molar-refractivity contribution >= 4 is 22.4 Å². The predicted octanol–water partition coefficient (Wildman–Crippen LogP) is 2.08. The maximum atomic E-state index is 13.3. The Labute approximate surface area is 107 Å². The van der Waals surface area contributed by atoms with Gasteiger partial charge in [-0.1, -0.05) is 23.5 Å². The number of nitrogens with zero attached hydrogens (tertiary/aromatic N) is 2. The molecule has 7 heteroatoms. The van der Waals surface area contributed by atoms with E-state index in [0.29, 0.717) is 5.13 Å². The molecule has 1 atom stereocenters.